The number of unbranched alkanes of at least 4 members (excludes halogenated alkanes) is 7. The van der Waals surface area contributed by atoms with Gasteiger partial charge in [-0.1, -0.05) is 54.2 Å². The molecule has 1 radical (unpaired) electrons. The van der Waals surface area contributed by atoms with Gasteiger partial charge in [0.15, 0.2) is 24.7 Å². The molecule has 4 aromatic rings. The molecule has 821 valence electrons. The topological polar surface area (TPSA) is 646 Å². The number of rotatable bonds is 81. The summed E-state index contributed by atoms with van der Waals surface area (Å²) in [7, 11) is 5.07. The highest BCUT2D eigenvalue weighted by Crippen LogP contribution is 2.34. The van der Waals surface area contributed by atoms with Crippen LogP contribution in [0.2, 0.25) is 5.82 Å². The number of aliphatic hydroxyl groups excluding tert-OH is 9. The molecule has 1 aromatic carbocycles. The summed E-state index contributed by atoms with van der Waals surface area (Å²) < 4.78 is 177. The van der Waals surface area contributed by atoms with Crippen LogP contribution in [0.3, 0.4) is 0 Å². The first-order chi connectivity index (χ1) is 70.0. The number of benzene rings is 1. The van der Waals surface area contributed by atoms with E-state index in [1.165, 1.54) is 35.4 Å². The molecule has 3 aliphatic heterocycles. The molecule has 0 spiro atoms. The Morgan fingerprint density at radius 2 is 0.759 bits per heavy atom. The van der Waals surface area contributed by atoms with Gasteiger partial charge in [0.1, 0.15) is 87.9 Å². The zero-order valence-electron chi connectivity index (χ0n) is 81.8. The van der Waals surface area contributed by atoms with Crippen LogP contribution >= 0.6 is 0 Å². The van der Waals surface area contributed by atoms with Gasteiger partial charge in [-0.15, -0.1) is 15.3 Å². The van der Waals surface area contributed by atoms with Crippen molar-refractivity contribution < 1.29 is 196 Å². The predicted octanol–water partition coefficient (Wildman–Crippen LogP) is -3.36. The smallest absolute Gasteiger partial charge is 0.311 e. The molecule has 6 heterocycles. The number of nitrogens with zero attached hydrogens (tertiary/aromatic N) is 9. The van der Waals surface area contributed by atoms with Crippen molar-refractivity contribution in [2.24, 2.45) is 5.92 Å². The number of carbonyl (C=O) groups excluding carboxylic acids is 8. The van der Waals surface area contributed by atoms with Gasteiger partial charge in [-0.2, -0.15) is 8.78 Å². The summed E-state index contributed by atoms with van der Waals surface area (Å²) in [5, 5.41) is 129. The standard InChI is InChI=1S/C89H141BF5N14O36/c1-127-86-61(79(121)80(122)62(48-110)142-86)44-60(113)51-136-26-17-57-45-107(104-101-57)54-139-41-38-133-35-32-130-29-23-96-66(115)14-20-89(100-69(118)12-10-8-6-4-5-7-9-11-13-71(120)145-85-76(94)74(92)73(91)75(93)77(85)95,21-15-67(116)97-24-30-131-33-36-134-39-42-140-55-108-46-58(102-105-108)18-27-137-52-65(114)90-72-83(125)81(123)63(49-111)143-87(72)128-2)22-16-68(117)98-25-31-132-34-37-135-40-43-141-56-109-47-59(103-106-109)19-28-138-53-70(119)99-78-84(126)82(124)64(50-112)144-88(78)129-3/h45-47,61-64,72,78-84,86-88,110-112,121-126H,4-44,48-56H2,1-3H3,(H,96,115)(H,97,116)(H,98,117)(H,99,119)(H,100,118)/t61?,62-,63-,64-,72-,78-,79-,80+,81+,82+,83-,84-,86-,87-,88-,89?/m1/s1. The average Bonchev–Trinajstić information content (AvgIpc) is 1.32. The third-order valence-electron chi connectivity index (χ3n) is 23.1. The van der Waals surface area contributed by atoms with Crippen molar-refractivity contribution in [2.45, 2.75) is 240 Å². The number of carbonyl (C=O) groups is 8. The lowest BCUT2D eigenvalue weighted by molar-refractivity contribution is -0.278. The van der Waals surface area contributed by atoms with E-state index in [4.69, 9.17) is 85.3 Å². The number of Topliss-reactive ketones (excluding diaryl/α,β-unsaturated/α-hetero) is 1. The number of aliphatic hydroxyl groups is 9. The summed E-state index contributed by atoms with van der Waals surface area (Å²) in [6, 6.07) is -1.13. The van der Waals surface area contributed by atoms with Gasteiger partial charge < -0.3 is 167 Å². The molecule has 145 heavy (non-hydrogen) atoms. The summed E-state index contributed by atoms with van der Waals surface area (Å²) in [5.74, 6) is -18.8. The van der Waals surface area contributed by atoms with E-state index in [1.807, 2.05) is 0 Å². The Morgan fingerprint density at radius 3 is 1.19 bits per heavy atom. The Bertz CT molecular complexity index is 4020. The highest BCUT2D eigenvalue weighted by molar-refractivity contribution is 6.75. The molecule has 50 nitrogen and oxygen atoms in total. The molecular weight excluding hydrogens is 1950 g/mol. The quantitative estimate of drug-likeness (QED) is 0.00390. The molecular formula is C89H141BF5N14O36. The predicted molar refractivity (Wildman–Crippen MR) is 486 cm³/mol. The molecule has 3 saturated heterocycles. The normalized spacial score (nSPS) is 21.5. The van der Waals surface area contributed by atoms with Crippen LogP contribution < -0.4 is 31.3 Å². The number of amides is 5. The molecule has 0 bridgehead atoms. The fourth-order valence-electron chi connectivity index (χ4n) is 15.2. The Kier molecular flexibility index (Phi) is 59.9. The lowest BCUT2D eigenvalue weighted by Crippen LogP contribution is -2.64. The van der Waals surface area contributed by atoms with Gasteiger partial charge in [0, 0.05) is 116 Å². The summed E-state index contributed by atoms with van der Waals surface area (Å²) in [5.41, 5.74) is -0.125. The Balaban J connectivity index is 0.835. The summed E-state index contributed by atoms with van der Waals surface area (Å²) in [6.07, 6.45) is -5.87. The van der Waals surface area contributed by atoms with E-state index in [9.17, 15) is 106 Å². The molecule has 0 saturated carbocycles. The minimum atomic E-state index is -2.39. The second kappa shape index (κ2) is 70.4. The summed E-state index contributed by atoms with van der Waals surface area (Å²) in [6.45, 7) is 0.459. The SMILES string of the molecule is CO[C@@H]1O[C@H](CO)[C@H](O)[C@H](O)C1CC(=O)COCCc1cn(COCCOCCOCCNC(=O)CCC(CCC(=O)NCCOCCOCCOCn2cc(CCOCC(=O)[B][C@H]3[C@H](OC)O[C@H](CO)[C@H](O)[C@@H]3O)nn2)(CCC(=O)NCCOCCOCCOCn2cc(CCOCC(=O)N[C@H]3[C@H](OC)O[C@H](CO)[C@H](O)[C@@H]3O)nn2)NC(=O)CCCCCCCCCCC(=O)Oc2c(F)c(F)c(F)c(F)c2F)nn1. The van der Waals surface area contributed by atoms with Gasteiger partial charge in [-0.05, 0) is 32.1 Å². The van der Waals surface area contributed by atoms with Gasteiger partial charge in [0.05, 0.1) is 193 Å². The number of esters is 1. The molecule has 14 N–H and O–H groups in total. The second-order valence-corrected chi connectivity index (χ2v) is 34.1. The number of aromatic nitrogens is 9. The molecule has 56 heteroatoms. The van der Waals surface area contributed by atoms with Crippen LogP contribution in [0.25, 0.3) is 0 Å². The number of ether oxygens (including phenoxy) is 19. The first-order valence-corrected chi connectivity index (χ1v) is 48.1. The molecule has 16 atom stereocenters. The Labute approximate surface area is 834 Å². The van der Waals surface area contributed by atoms with Crippen LogP contribution in [-0.2, 0) is 163 Å². The highest BCUT2D eigenvalue weighted by atomic mass is 19.2. The van der Waals surface area contributed by atoms with Crippen molar-refractivity contribution in [3.8, 4) is 5.75 Å². The Hall–Kier alpha value is -8.57. The van der Waals surface area contributed by atoms with E-state index in [2.05, 4.69) is 62.3 Å². The minimum absolute atomic E-state index is 0.0117. The fraction of sp³-hybridized carbons (Fsp3) is 0.775. The van der Waals surface area contributed by atoms with Crippen LogP contribution in [0, 0.1) is 35.0 Å². The first-order valence-electron chi connectivity index (χ1n) is 48.1. The maximum atomic E-state index is 14.2. The molecule has 3 aromatic heterocycles. The largest absolute Gasteiger partial charge is 0.420 e. The van der Waals surface area contributed by atoms with Crippen LogP contribution in [0.15, 0.2) is 18.6 Å². The van der Waals surface area contributed by atoms with E-state index in [1.54, 1.807) is 18.6 Å². The van der Waals surface area contributed by atoms with Gasteiger partial charge in [0.25, 0.3) is 0 Å². The van der Waals surface area contributed by atoms with Crippen molar-refractivity contribution in [1.29, 1.82) is 0 Å². The molecule has 5 amide bonds. The lowest BCUT2D eigenvalue weighted by atomic mass is 9.56. The molecule has 3 aliphatic rings. The second-order valence-electron chi connectivity index (χ2n) is 34.1. The monoisotopic (exact) mass is 2090 g/mol. The summed E-state index contributed by atoms with van der Waals surface area (Å²) >= 11 is 0. The zero-order valence-corrected chi connectivity index (χ0v) is 81.8. The first kappa shape index (κ1) is 123. The average molecular weight is 2090 g/mol. The molecule has 0 aliphatic carbocycles. The van der Waals surface area contributed by atoms with E-state index in [0.717, 1.165) is 7.28 Å². The number of halogens is 5. The van der Waals surface area contributed by atoms with Crippen LogP contribution in [-0.4, -0.2) is 430 Å². The number of ketones is 1. The van der Waals surface area contributed by atoms with Crippen molar-refractivity contribution >= 4 is 54.3 Å². The lowest BCUT2D eigenvalue weighted by Gasteiger charge is -2.41. The molecule has 2 unspecified atom stereocenters. The van der Waals surface area contributed by atoms with E-state index >= 15 is 0 Å². The molecule has 3 fully saturated rings. The van der Waals surface area contributed by atoms with Gasteiger partial charge >= 0.3 is 5.97 Å². The number of hydrogen-bond donors (Lipinski definition) is 14. The van der Waals surface area contributed by atoms with Gasteiger partial charge in [-0.3, -0.25) is 33.6 Å². The third kappa shape index (κ3) is 45.8. The maximum Gasteiger partial charge on any atom is 0.311 e. The van der Waals surface area contributed by atoms with Gasteiger partial charge in [-0.25, -0.2) is 27.2 Å². The Morgan fingerprint density at radius 1 is 0.393 bits per heavy atom. The van der Waals surface area contributed by atoms with Crippen LogP contribution in [0.1, 0.15) is 126 Å². The third-order valence-corrected chi connectivity index (χ3v) is 23.1. The van der Waals surface area contributed by atoms with Crippen molar-refractivity contribution in [3.63, 3.8) is 0 Å². The van der Waals surface area contributed by atoms with Crippen molar-refractivity contribution in [3.05, 3.63) is 64.8 Å². The number of methoxy groups -OCH3 is 3. The van der Waals surface area contributed by atoms with Crippen molar-refractivity contribution in [1.82, 2.24) is 71.6 Å². The van der Waals surface area contributed by atoms with E-state index < -0.39 is 200 Å². The van der Waals surface area contributed by atoms with Crippen molar-refractivity contribution in [2.75, 3.05) is 200 Å². The molecule has 7 rings (SSSR count). The fourth-order valence-corrected chi connectivity index (χ4v) is 15.2. The van der Waals surface area contributed by atoms with Crippen LogP contribution in [0.5, 0.6) is 5.75 Å². The minimum Gasteiger partial charge on any atom is -0.420 e. The van der Waals surface area contributed by atoms with E-state index in [-0.39, 0.29) is 242 Å². The highest BCUT2D eigenvalue weighted by Gasteiger charge is 2.49. The number of nitrogens with one attached hydrogen (secondary N) is 5. The maximum absolute atomic E-state index is 14.2. The summed E-state index contributed by atoms with van der Waals surface area (Å²) in [4.78, 5) is 106. The zero-order chi connectivity index (χ0) is 105. The van der Waals surface area contributed by atoms with E-state index in [0.29, 0.717) is 81.3 Å². The number of hydrogen-bond acceptors (Lipinski definition) is 42. The van der Waals surface area contributed by atoms with Crippen LogP contribution in [0.4, 0.5) is 22.0 Å². The van der Waals surface area contributed by atoms with Gasteiger partial charge in [0.2, 0.25) is 71.7 Å².